The van der Waals surface area contributed by atoms with Gasteiger partial charge < -0.3 is 19.7 Å². The highest BCUT2D eigenvalue weighted by atomic mass is 16.5. The van der Waals surface area contributed by atoms with E-state index >= 15 is 0 Å². The minimum Gasteiger partial charge on any atom is -0.381 e. The van der Waals surface area contributed by atoms with Crippen molar-refractivity contribution in [3.05, 3.63) is 11.7 Å². The fourth-order valence-corrected chi connectivity index (χ4v) is 2.50. The molecule has 0 amide bonds. The molecule has 108 valence electrons. The summed E-state index contributed by atoms with van der Waals surface area (Å²) < 4.78 is 16.4. The largest absolute Gasteiger partial charge is 0.381 e. The summed E-state index contributed by atoms with van der Waals surface area (Å²) in [4.78, 5) is 4.53. The number of hydrogen-bond donors (Lipinski definition) is 1. The van der Waals surface area contributed by atoms with Crippen LogP contribution in [0.4, 0.5) is 0 Å². The molecule has 1 aliphatic rings. The number of nitrogens with zero attached hydrogens (tertiary/aromatic N) is 2. The topological polar surface area (TPSA) is 83.4 Å². The van der Waals surface area contributed by atoms with Crippen LogP contribution in [-0.2, 0) is 15.1 Å². The van der Waals surface area contributed by atoms with Crippen LogP contribution in [0.2, 0.25) is 0 Å². The molecule has 1 atom stereocenters. The van der Waals surface area contributed by atoms with Gasteiger partial charge in [-0.25, -0.2) is 0 Å². The van der Waals surface area contributed by atoms with Crippen molar-refractivity contribution in [1.82, 2.24) is 10.1 Å². The molecule has 6 heteroatoms. The second-order valence-electron chi connectivity index (χ2n) is 4.99. The van der Waals surface area contributed by atoms with Crippen molar-refractivity contribution in [3.63, 3.8) is 0 Å². The molecule has 2 heterocycles. The third-order valence-corrected chi connectivity index (χ3v) is 3.81. The van der Waals surface area contributed by atoms with Crippen LogP contribution in [0.15, 0.2) is 4.52 Å². The van der Waals surface area contributed by atoms with Gasteiger partial charge in [-0.05, 0) is 6.42 Å². The summed E-state index contributed by atoms with van der Waals surface area (Å²) in [6, 6.07) is 0. The fourth-order valence-electron chi connectivity index (χ4n) is 2.50. The summed E-state index contributed by atoms with van der Waals surface area (Å²) in [5.74, 6) is 1.39. The van der Waals surface area contributed by atoms with E-state index < -0.39 is 5.60 Å². The minimum atomic E-state index is -0.467. The van der Waals surface area contributed by atoms with Gasteiger partial charge in [-0.1, -0.05) is 18.5 Å². The Morgan fingerprint density at radius 2 is 2.16 bits per heavy atom. The molecular formula is C13H23N3O3. The van der Waals surface area contributed by atoms with Gasteiger partial charge >= 0.3 is 0 Å². The molecule has 0 bridgehead atoms. The lowest BCUT2D eigenvalue weighted by atomic mass is 9.93. The summed E-state index contributed by atoms with van der Waals surface area (Å²) in [7, 11) is 1.69. The SMILES string of the molecule is CCCC(CN)c1nc(C2(OC)CCOCC2)no1. The molecule has 0 aliphatic carbocycles. The quantitative estimate of drug-likeness (QED) is 0.843. The van der Waals surface area contributed by atoms with Crippen molar-refractivity contribution < 1.29 is 14.0 Å². The normalized spacial score (nSPS) is 20.4. The van der Waals surface area contributed by atoms with Crippen molar-refractivity contribution in [2.45, 2.75) is 44.1 Å². The van der Waals surface area contributed by atoms with Crippen LogP contribution < -0.4 is 5.73 Å². The van der Waals surface area contributed by atoms with Crippen LogP contribution in [-0.4, -0.2) is 37.0 Å². The van der Waals surface area contributed by atoms with Crippen LogP contribution >= 0.6 is 0 Å². The molecule has 6 nitrogen and oxygen atoms in total. The van der Waals surface area contributed by atoms with E-state index in [2.05, 4.69) is 17.1 Å². The number of aromatic nitrogens is 2. The smallest absolute Gasteiger partial charge is 0.231 e. The Labute approximate surface area is 113 Å². The summed E-state index contributed by atoms with van der Waals surface area (Å²) in [5.41, 5.74) is 5.30. The zero-order chi connectivity index (χ0) is 13.7. The molecule has 1 saturated heterocycles. The molecule has 0 radical (unpaired) electrons. The standard InChI is InChI=1S/C13H23N3O3/c1-3-4-10(9-14)11-15-12(16-19-11)13(17-2)5-7-18-8-6-13/h10H,3-9,14H2,1-2H3. The second kappa shape index (κ2) is 6.45. The van der Waals surface area contributed by atoms with E-state index in [1.165, 1.54) is 0 Å². The summed E-state index contributed by atoms with van der Waals surface area (Å²) in [6.07, 6.45) is 3.51. The second-order valence-corrected chi connectivity index (χ2v) is 4.99. The molecule has 0 aromatic carbocycles. The van der Waals surface area contributed by atoms with Crippen LogP contribution in [0.3, 0.4) is 0 Å². The Balaban J connectivity index is 2.18. The van der Waals surface area contributed by atoms with E-state index in [1.54, 1.807) is 7.11 Å². The Morgan fingerprint density at radius 1 is 1.42 bits per heavy atom. The zero-order valence-electron chi connectivity index (χ0n) is 11.7. The van der Waals surface area contributed by atoms with Gasteiger partial charge in [-0.2, -0.15) is 4.98 Å². The molecule has 19 heavy (non-hydrogen) atoms. The fraction of sp³-hybridized carbons (Fsp3) is 0.846. The Morgan fingerprint density at radius 3 is 2.74 bits per heavy atom. The van der Waals surface area contributed by atoms with Crippen LogP contribution in [0.25, 0.3) is 0 Å². The first kappa shape index (κ1) is 14.4. The van der Waals surface area contributed by atoms with Crippen molar-refractivity contribution in [2.24, 2.45) is 5.73 Å². The first-order valence-electron chi connectivity index (χ1n) is 6.92. The molecule has 1 aromatic heterocycles. The average Bonchev–Trinajstić information content (AvgIpc) is 2.95. The minimum absolute atomic E-state index is 0.139. The lowest BCUT2D eigenvalue weighted by Gasteiger charge is -2.32. The Hall–Kier alpha value is -0.980. The maximum absolute atomic E-state index is 5.77. The highest BCUT2D eigenvalue weighted by Gasteiger charge is 2.39. The van der Waals surface area contributed by atoms with Crippen LogP contribution in [0.1, 0.15) is 50.2 Å². The lowest BCUT2D eigenvalue weighted by Crippen LogP contribution is -2.36. The van der Waals surface area contributed by atoms with Crippen molar-refractivity contribution in [2.75, 3.05) is 26.9 Å². The van der Waals surface area contributed by atoms with Gasteiger partial charge in [-0.3, -0.25) is 0 Å². The van der Waals surface area contributed by atoms with E-state index in [4.69, 9.17) is 19.7 Å². The van der Waals surface area contributed by atoms with Gasteiger partial charge in [0.25, 0.3) is 0 Å². The summed E-state index contributed by atoms with van der Waals surface area (Å²) in [6.45, 7) is 3.97. The molecular weight excluding hydrogens is 246 g/mol. The zero-order valence-corrected chi connectivity index (χ0v) is 11.7. The summed E-state index contributed by atoms with van der Waals surface area (Å²) >= 11 is 0. The number of methoxy groups -OCH3 is 1. The number of hydrogen-bond acceptors (Lipinski definition) is 6. The van der Waals surface area contributed by atoms with Crippen molar-refractivity contribution >= 4 is 0 Å². The first-order chi connectivity index (χ1) is 9.25. The molecule has 2 N–H and O–H groups in total. The molecule has 2 rings (SSSR count). The number of rotatable bonds is 6. The van der Waals surface area contributed by atoms with Gasteiger partial charge in [0.15, 0.2) is 0 Å². The lowest BCUT2D eigenvalue weighted by molar-refractivity contribution is -0.101. The van der Waals surface area contributed by atoms with Crippen LogP contribution in [0, 0.1) is 0 Å². The van der Waals surface area contributed by atoms with Gasteiger partial charge in [0, 0.05) is 39.7 Å². The maximum atomic E-state index is 5.77. The predicted molar refractivity (Wildman–Crippen MR) is 69.7 cm³/mol. The molecule has 1 fully saturated rings. The average molecular weight is 269 g/mol. The highest BCUT2D eigenvalue weighted by molar-refractivity contribution is 5.05. The summed E-state index contributed by atoms with van der Waals surface area (Å²) in [5, 5.41) is 4.11. The number of nitrogens with two attached hydrogens (primary N) is 1. The van der Waals surface area contributed by atoms with Crippen molar-refractivity contribution in [1.29, 1.82) is 0 Å². The number of ether oxygens (including phenoxy) is 2. The molecule has 0 spiro atoms. The first-order valence-corrected chi connectivity index (χ1v) is 6.92. The third kappa shape index (κ3) is 2.96. The van der Waals surface area contributed by atoms with Crippen LogP contribution in [0.5, 0.6) is 0 Å². The monoisotopic (exact) mass is 269 g/mol. The van der Waals surface area contributed by atoms with Gasteiger partial charge in [0.1, 0.15) is 5.60 Å². The molecule has 1 unspecified atom stereocenters. The van der Waals surface area contributed by atoms with Gasteiger partial charge in [-0.15, -0.1) is 0 Å². The van der Waals surface area contributed by atoms with E-state index in [9.17, 15) is 0 Å². The highest BCUT2D eigenvalue weighted by Crippen LogP contribution is 2.34. The Bertz CT molecular complexity index is 388. The maximum Gasteiger partial charge on any atom is 0.231 e. The van der Waals surface area contributed by atoms with E-state index in [0.717, 1.165) is 25.7 Å². The van der Waals surface area contributed by atoms with E-state index in [1.807, 2.05) is 0 Å². The molecule has 1 aliphatic heterocycles. The predicted octanol–water partition coefficient (Wildman–Crippen LogP) is 1.56. The molecule has 0 saturated carbocycles. The Kier molecular flexibility index (Phi) is 4.90. The van der Waals surface area contributed by atoms with Crippen molar-refractivity contribution in [3.8, 4) is 0 Å². The van der Waals surface area contributed by atoms with Gasteiger partial charge in [0.05, 0.1) is 5.92 Å². The molecule has 1 aromatic rings. The van der Waals surface area contributed by atoms with E-state index in [-0.39, 0.29) is 5.92 Å². The van der Waals surface area contributed by atoms with Gasteiger partial charge in [0.2, 0.25) is 11.7 Å². The van der Waals surface area contributed by atoms with E-state index in [0.29, 0.717) is 31.5 Å². The third-order valence-electron chi connectivity index (χ3n) is 3.81.